The van der Waals surface area contributed by atoms with Gasteiger partial charge in [-0.15, -0.1) is 5.10 Å². The summed E-state index contributed by atoms with van der Waals surface area (Å²) in [7, 11) is 1.58. The van der Waals surface area contributed by atoms with Crippen molar-refractivity contribution in [2.45, 2.75) is 23.9 Å². The van der Waals surface area contributed by atoms with Crippen molar-refractivity contribution in [1.82, 2.24) is 14.8 Å². The summed E-state index contributed by atoms with van der Waals surface area (Å²) in [6.07, 6.45) is 0. The highest BCUT2D eigenvalue weighted by Crippen LogP contribution is 2.37. The SMILES string of the molecule is COc1ccccc1NC(=O)C1=C(C)Nc2nc(SCc3ccccc3)nn2C1c1ccccc1. The number of benzene rings is 3. The number of nitrogens with zero attached hydrogens (tertiary/aromatic N) is 3. The number of anilines is 2. The van der Waals surface area contributed by atoms with Gasteiger partial charge in [0.25, 0.3) is 5.91 Å². The Labute approximate surface area is 208 Å². The van der Waals surface area contributed by atoms with Gasteiger partial charge in [0.05, 0.1) is 18.4 Å². The third-order valence-corrected chi connectivity index (χ3v) is 6.67. The molecule has 7 nitrogen and oxygen atoms in total. The zero-order chi connectivity index (χ0) is 24.2. The van der Waals surface area contributed by atoms with Crippen molar-refractivity contribution < 1.29 is 9.53 Å². The molecular formula is C27H25N5O2S. The first kappa shape index (κ1) is 22.7. The first-order valence-corrected chi connectivity index (χ1v) is 12.2. The second kappa shape index (κ2) is 10.1. The second-order valence-electron chi connectivity index (χ2n) is 8.07. The predicted molar refractivity (Wildman–Crippen MR) is 139 cm³/mol. The van der Waals surface area contributed by atoms with Crippen LogP contribution in [0.1, 0.15) is 24.1 Å². The number of allylic oxidation sites excluding steroid dienone is 1. The lowest BCUT2D eigenvalue weighted by molar-refractivity contribution is -0.113. The van der Waals surface area contributed by atoms with Crippen molar-refractivity contribution in [1.29, 1.82) is 0 Å². The molecule has 3 aromatic carbocycles. The molecule has 0 saturated heterocycles. The van der Waals surface area contributed by atoms with Gasteiger partial charge in [0.2, 0.25) is 11.1 Å². The molecule has 0 radical (unpaired) electrons. The van der Waals surface area contributed by atoms with Crippen LogP contribution in [-0.4, -0.2) is 27.8 Å². The fraction of sp³-hybridized carbons (Fsp3) is 0.148. The van der Waals surface area contributed by atoms with Crippen LogP contribution < -0.4 is 15.4 Å². The molecule has 0 saturated carbocycles. The lowest BCUT2D eigenvalue weighted by Crippen LogP contribution is -2.31. The summed E-state index contributed by atoms with van der Waals surface area (Å²) >= 11 is 1.56. The largest absolute Gasteiger partial charge is 0.495 e. The van der Waals surface area contributed by atoms with Crippen molar-refractivity contribution in [2.75, 3.05) is 17.7 Å². The topological polar surface area (TPSA) is 81.1 Å². The van der Waals surface area contributed by atoms with Crippen LogP contribution in [0.3, 0.4) is 0 Å². The van der Waals surface area contributed by atoms with Gasteiger partial charge in [-0.3, -0.25) is 4.79 Å². The van der Waals surface area contributed by atoms with E-state index in [9.17, 15) is 4.79 Å². The number of rotatable bonds is 7. The Hall–Kier alpha value is -4.04. The van der Waals surface area contributed by atoms with Crippen LogP contribution in [0.15, 0.2) is 101 Å². The minimum Gasteiger partial charge on any atom is -0.495 e. The standard InChI is InChI=1S/C27H25N5O2S/c1-18-23(25(33)29-21-15-9-10-16-22(21)34-2)24(20-13-7-4-8-14-20)32-26(28-18)30-27(31-32)35-17-19-11-5-3-6-12-19/h3-16,24H,17H2,1-2H3,(H,29,33)(H,28,30,31). The van der Waals surface area contributed by atoms with Crippen LogP contribution >= 0.6 is 11.8 Å². The number of para-hydroxylation sites is 2. The van der Waals surface area contributed by atoms with E-state index in [1.165, 1.54) is 5.56 Å². The highest BCUT2D eigenvalue weighted by molar-refractivity contribution is 7.98. The lowest BCUT2D eigenvalue weighted by atomic mass is 9.95. The summed E-state index contributed by atoms with van der Waals surface area (Å²) in [5.41, 5.74) is 4.05. The Balaban J connectivity index is 1.48. The number of nitrogens with one attached hydrogen (secondary N) is 2. The molecule has 8 heteroatoms. The van der Waals surface area contributed by atoms with Crippen molar-refractivity contribution in [3.8, 4) is 5.75 Å². The molecule has 1 atom stereocenters. The van der Waals surface area contributed by atoms with Gasteiger partial charge in [0.1, 0.15) is 11.8 Å². The predicted octanol–water partition coefficient (Wildman–Crippen LogP) is 5.51. The van der Waals surface area contributed by atoms with Crippen LogP contribution in [0.5, 0.6) is 5.75 Å². The summed E-state index contributed by atoms with van der Waals surface area (Å²) in [6, 6.07) is 27.0. The average molecular weight is 484 g/mol. The molecule has 1 aliphatic heterocycles. The number of carbonyl (C=O) groups excluding carboxylic acids is 1. The molecule has 176 valence electrons. The number of fused-ring (bicyclic) bond motifs is 1. The second-order valence-corrected chi connectivity index (χ2v) is 9.01. The Morgan fingerprint density at radius 2 is 1.71 bits per heavy atom. The molecule has 0 spiro atoms. The van der Waals surface area contributed by atoms with Crippen LogP contribution in [0.2, 0.25) is 0 Å². The van der Waals surface area contributed by atoms with E-state index < -0.39 is 6.04 Å². The summed E-state index contributed by atoms with van der Waals surface area (Å²) in [6.45, 7) is 1.89. The van der Waals surface area contributed by atoms with E-state index in [-0.39, 0.29) is 5.91 Å². The van der Waals surface area contributed by atoms with Crippen LogP contribution in [0, 0.1) is 0 Å². The minimum absolute atomic E-state index is 0.229. The molecule has 0 aliphatic carbocycles. The average Bonchev–Trinajstić information content (AvgIpc) is 3.30. The van der Waals surface area contributed by atoms with Gasteiger partial charge in [-0.25, -0.2) is 4.68 Å². The summed E-state index contributed by atoms with van der Waals surface area (Å²) in [5, 5.41) is 11.8. The van der Waals surface area contributed by atoms with Gasteiger partial charge < -0.3 is 15.4 Å². The number of amides is 1. The van der Waals surface area contributed by atoms with E-state index in [1.54, 1.807) is 23.6 Å². The third kappa shape index (κ3) is 4.79. The van der Waals surface area contributed by atoms with E-state index in [2.05, 4.69) is 22.8 Å². The van der Waals surface area contributed by atoms with Gasteiger partial charge in [-0.2, -0.15) is 4.98 Å². The first-order chi connectivity index (χ1) is 17.1. The molecule has 0 bridgehead atoms. The fourth-order valence-electron chi connectivity index (χ4n) is 4.09. The van der Waals surface area contributed by atoms with Crippen molar-refractivity contribution >= 4 is 29.3 Å². The molecule has 1 aromatic heterocycles. The molecule has 5 rings (SSSR count). The Bertz CT molecular complexity index is 1370. The normalized spacial score (nSPS) is 14.7. The number of hydrogen-bond acceptors (Lipinski definition) is 6. The molecular weight excluding hydrogens is 458 g/mol. The van der Waals surface area contributed by atoms with E-state index in [0.29, 0.717) is 28.1 Å². The summed E-state index contributed by atoms with van der Waals surface area (Å²) in [5.74, 6) is 1.74. The molecule has 1 aliphatic rings. The van der Waals surface area contributed by atoms with Gasteiger partial charge in [-0.1, -0.05) is 84.6 Å². The van der Waals surface area contributed by atoms with E-state index >= 15 is 0 Å². The highest BCUT2D eigenvalue weighted by atomic mass is 32.2. The molecule has 2 heterocycles. The number of ether oxygens (including phenoxy) is 1. The summed E-state index contributed by atoms with van der Waals surface area (Å²) < 4.78 is 7.22. The number of hydrogen-bond donors (Lipinski definition) is 2. The van der Waals surface area contributed by atoms with Crippen LogP contribution in [0.25, 0.3) is 0 Å². The van der Waals surface area contributed by atoms with E-state index in [4.69, 9.17) is 14.8 Å². The first-order valence-electron chi connectivity index (χ1n) is 11.2. The Morgan fingerprint density at radius 3 is 2.46 bits per heavy atom. The summed E-state index contributed by atoms with van der Waals surface area (Å²) in [4.78, 5) is 18.3. The highest BCUT2D eigenvalue weighted by Gasteiger charge is 2.34. The number of carbonyl (C=O) groups is 1. The maximum atomic E-state index is 13.6. The Kier molecular flexibility index (Phi) is 6.54. The van der Waals surface area contributed by atoms with Crippen molar-refractivity contribution in [2.24, 2.45) is 0 Å². The zero-order valence-corrected chi connectivity index (χ0v) is 20.3. The van der Waals surface area contributed by atoms with E-state index in [0.717, 1.165) is 17.0 Å². The molecule has 4 aromatic rings. The third-order valence-electron chi connectivity index (χ3n) is 5.76. The Morgan fingerprint density at radius 1 is 1.03 bits per heavy atom. The van der Waals surface area contributed by atoms with Gasteiger partial charge in [0.15, 0.2) is 0 Å². The van der Waals surface area contributed by atoms with Gasteiger partial charge in [0, 0.05) is 11.4 Å². The number of aromatic nitrogens is 3. The van der Waals surface area contributed by atoms with Crippen molar-refractivity contribution in [3.63, 3.8) is 0 Å². The lowest BCUT2D eigenvalue weighted by Gasteiger charge is -2.28. The van der Waals surface area contributed by atoms with Gasteiger partial charge in [-0.05, 0) is 30.2 Å². The minimum atomic E-state index is -0.430. The maximum Gasteiger partial charge on any atom is 0.255 e. The molecule has 2 N–H and O–H groups in total. The molecule has 0 fully saturated rings. The number of methoxy groups -OCH3 is 1. The zero-order valence-electron chi connectivity index (χ0n) is 19.4. The molecule has 1 amide bonds. The van der Waals surface area contributed by atoms with E-state index in [1.807, 2.05) is 79.7 Å². The van der Waals surface area contributed by atoms with Crippen molar-refractivity contribution in [3.05, 3.63) is 107 Å². The van der Waals surface area contributed by atoms with Crippen LogP contribution in [-0.2, 0) is 10.5 Å². The smallest absolute Gasteiger partial charge is 0.255 e. The quantitative estimate of drug-likeness (QED) is 0.338. The maximum absolute atomic E-state index is 13.6. The number of thioether (sulfide) groups is 1. The van der Waals surface area contributed by atoms with Gasteiger partial charge >= 0.3 is 0 Å². The monoisotopic (exact) mass is 483 g/mol. The molecule has 1 unspecified atom stereocenters. The van der Waals surface area contributed by atoms with Crippen LogP contribution in [0.4, 0.5) is 11.6 Å². The molecule has 35 heavy (non-hydrogen) atoms. The fourth-order valence-corrected chi connectivity index (χ4v) is 4.87.